The van der Waals surface area contributed by atoms with E-state index in [1.54, 1.807) is 18.2 Å². The molecule has 0 atom stereocenters. The van der Waals surface area contributed by atoms with Crippen LogP contribution in [0, 0.1) is 0 Å². The van der Waals surface area contributed by atoms with E-state index < -0.39 is 0 Å². The molecule has 0 heterocycles. The summed E-state index contributed by atoms with van der Waals surface area (Å²) >= 11 is 8.56. The minimum absolute atomic E-state index is 0.253. The van der Waals surface area contributed by atoms with Crippen LogP contribution in [0.15, 0.2) is 53.0 Å². The lowest BCUT2D eigenvalue weighted by Crippen LogP contribution is -2.34. The number of para-hydroxylation sites is 1. The van der Waals surface area contributed by atoms with E-state index >= 15 is 0 Å². The van der Waals surface area contributed by atoms with E-state index in [0.717, 1.165) is 16.6 Å². The van der Waals surface area contributed by atoms with Crippen LogP contribution >= 0.6 is 28.1 Å². The number of carbonyl (C=O) groups excluding carboxylic acids is 1. The Morgan fingerprint density at radius 2 is 1.96 bits per heavy atom. The summed E-state index contributed by atoms with van der Waals surface area (Å²) in [7, 11) is 0. The van der Waals surface area contributed by atoms with Gasteiger partial charge in [-0.15, -0.1) is 0 Å². The molecule has 2 N–H and O–H groups in total. The van der Waals surface area contributed by atoms with Gasteiger partial charge in [-0.25, -0.2) is 0 Å². The van der Waals surface area contributed by atoms with E-state index in [0.29, 0.717) is 17.9 Å². The van der Waals surface area contributed by atoms with Crippen molar-refractivity contribution in [3.63, 3.8) is 0 Å². The molecule has 0 bridgehead atoms. The quantitative estimate of drug-likeness (QED) is 0.741. The predicted octanol–water partition coefficient (Wildman–Crippen LogP) is 4.36. The zero-order chi connectivity index (χ0) is 16.7. The maximum absolute atomic E-state index is 12.2. The first-order valence-corrected chi connectivity index (χ1v) is 8.40. The molecular formula is C17H17BrN2O2S. The summed E-state index contributed by atoms with van der Waals surface area (Å²) in [6.07, 6.45) is 0.925. The third-order valence-electron chi connectivity index (χ3n) is 2.91. The standard InChI is InChI=1S/C17H17BrN2O2S/c1-2-10-22-15-9-8-12(11-14(15)18)16(21)20-17(23)19-13-6-4-3-5-7-13/h3-9,11H,2,10H2,1H3,(H2,19,20,21,23). The number of carbonyl (C=O) groups is 1. The monoisotopic (exact) mass is 392 g/mol. The van der Waals surface area contributed by atoms with Crippen molar-refractivity contribution in [2.24, 2.45) is 0 Å². The zero-order valence-electron chi connectivity index (χ0n) is 12.6. The lowest BCUT2D eigenvalue weighted by Gasteiger charge is -2.11. The Balaban J connectivity index is 1.97. The second-order valence-electron chi connectivity index (χ2n) is 4.77. The second kappa shape index (κ2) is 8.64. The van der Waals surface area contributed by atoms with Crippen LogP contribution in [0.2, 0.25) is 0 Å². The van der Waals surface area contributed by atoms with Gasteiger partial charge in [0.15, 0.2) is 5.11 Å². The highest BCUT2D eigenvalue weighted by Crippen LogP contribution is 2.26. The lowest BCUT2D eigenvalue weighted by molar-refractivity contribution is 0.0977. The third kappa shape index (κ3) is 5.33. The van der Waals surface area contributed by atoms with Crippen LogP contribution in [0.4, 0.5) is 5.69 Å². The fourth-order valence-electron chi connectivity index (χ4n) is 1.83. The average Bonchev–Trinajstić information content (AvgIpc) is 2.54. The molecule has 23 heavy (non-hydrogen) atoms. The molecule has 0 radical (unpaired) electrons. The van der Waals surface area contributed by atoms with Crippen LogP contribution in [-0.4, -0.2) is 17.6 Å². The second-order valence-corrected chi connectivity index (χ2v) is 6.03. The smallest absolute Gasteiger partial charge is 0.257 e. The molecular weight excluding hydrogens is 376 g/mol. The Hall–Kier alpha value is -1.92. The summed E-state index contributed by atoms with van der Waals surface area (Å²) in [5.41, 5.74) is 1.32. The molecule has 6 heteroatoms. The minimum Gasteiger partial charge on any atom is -0.492 e. The molecule has 0 spiro atoms. The molecule has 2 aromatic carbocycles. The first-order valence-electron chi connectivity index (χ1n) is 7.20. The van der Waals surface area contributed by atoms with Gasteiger partial charge in [0.05, 0.1) is 11.1 Å². The summed E-state index contributed by atoms with van der Waals surface area (Å²) in [6, 6.07) is 14.6. The highest BCUT2D eigenvalue weighted by atomic mass is 79.9. The maximum Gasteiger partial charge on any atom is 0.257 e. The van der Waals surface area contributed by atoms with Gasteiger partial charge in [-0.1, -0.05) is 25.1 Å². The zero-order valence-corrected chi connectivity index (χ0v) is 15.0. The van der Waals surface area contributed by atoms with Crippen molar-refractivity contribution in [2.75, 3.05) is 11.9 Å². The SMILES string of the molecule is CCCOc1ccc(C(=O)NC(=S)Nc2ccccc2)cc1Br. The molecule has 0 saturated carbocycles. The van der Waals surface area contributed by atoms with E-state index in [9.17, 15) is 4.79 Å². The molecule has 0 aliphatic rings. The summed E-state index contributed by atoms with van der Waals surface area (Å²) in [4.78, 5) is 12.2. The Labute approximate surface area is 149 Å². The van der Waals surface area contributed by atoms with E-state index in [1.807, 2.05) is 37.3 Å². The largest absolute Gasteiger partial charge is 0.492 e. The normalized spacial score (nSPS) is 10.0. The lowest BCUT2D eigenvalue weighted by atomic mass is 10.2. The fraction of sp³-hybridized carbons (Fsp3) is 0.176. The van der Waals surface area contributed by atoms with Crippen molar-refractivity contribution in [3.05, 3.63) is 58.6 Å². The van der Waals surface area contributed by atoms with Crippen molar-refractivity contribution in [2.45, 2.75) is 13.3 Å². The van der Waals surface area contributed by atoms with Crippen LogP contribution in [-0.2, 0) is 0 Å². The van der Waals surface area contributed by atoms with Gasteiger partial charge in [-0.2, -0.15) is 0 Å². The number of halogens is 1. The van der Waals surface area contributed by atoms with Crippen molar-refractivity contribution in [3.8, 4) is 5.75 Å². The molecule has 120 valence electrons. The predicted molar refractivity (Wildman–Crippen MR) is 100 cm³/mol. The van der Waals surface area contributed by atoms with Gasteiger partial charge in [0.1, 0.15) is 5.75 Å². The molecule has 1 amide bonds. The highest BCUT2D eigenvalue weighted by molar-refractivity contribution is 9.10. The van der Waals surface area contributed by atoms with Gasteiger partial charge in [0.25, 0.3) is 5.91 Å². The number of rotatable bonds is 5. The van der Waals surface area contributed by atoms with E-state index in [1.165, 1.54) is 0 Å². The van der Waals surface area contributed by atoms with Gasteiger partial charge in [-0.05, 0) is 64.9 Å². The molecule has 0 aliphatic carbocycles. The summed E-state index contributed by atoms with van der Waals surface area (Å²) in [6.45, 7) is 2.67. The third-order valence-corrected chi connectivity index (χ3v) is 3.74. The average molecular weight is 393 g/mol. The first-order chi connectivity index (χ1) is 11.1. The number of ether oxygens (including phenoxy) is 1. The van der Waals surface area contributed by atoms with Crippen molar-refractivity contribution in [1.82, 2.24) is 5.32 Å². The highest BCUT2D eigenvalue weighted by Gasteiger charge is 2.11. The number of anilines is 1. The Bertz CT molecular complexity index is 692. The minimum atomic E-state index is -0.277. The van der Waals surface area contributed by atoms with Crippen LogP contribution in [0.5, 0.6) is 5.75 Å². The first kappa shape index (κ1) is 17.4. The molecule has 0 saturated heterocycles. The van der Waals surface area contributed by atoms with Crippen molar-refractivity contribution < 1.29 is 9.53 Å². The summed E-state index contributed by atoms with van der Waals surface area (Å²) in [5.74, 6) is 0.439. The summed E-state index contributed by atoms with van der Waals surface area (Å²) in [5, 5.41) is 5.87. The summed E-state index contributed by atoms with van der Waals surface area (Å²) < 4.78 is 6.30. The molecule has 2 rings (SSSR count). The Kier molecular flexibility index (Phi) is 6.55. The topological polar surface area (TPSA) is 50.4 Å². The van der Waals surface area contributed by atoms with Gasteiger partial charge in [-0.3, -0.25) is 10.1 Å². The molecule has 2 aromatic rings. The van der Waals surface area contributed by atoms with E-state index in [-0.39, 0.29) is 11.0 Å². The Morgan fingerprint density at radius 3 is 2.61 bits per heavy atom. The van der Waals surface area contributed by atoms with Gasteiger partial charge < -0.3 is 10.1 Å². The molecule has 0 unspecified atom stereocenters. The molecule has 0 aliphatic heterocycles. The van der Waals surface area contributed by atoms with E-state index in [4.69, 9.17) is 17.0 Å². The maximum atomic E-state index is 12.2. The number of hydrogen-bond acceptors (Lipinski definition) is 3. The molecule has 0 aromatic heterocycles. The van der Waals surface area contributed by atoms with Crippen molar-refractivity contribution in [1.29, 1.82) is 0 Å². The number of hydrogen-bond donors (Lipinski definition) is 2. The number of benzene rings is 2. The Morgan fingerprint density at radius 1 is 1.22 bits per heavy atom. The van der Waals surface area contributed by atoms with Gasteiger partial charge >= 0.3 is 0 Å². The van der Waals surface area contributed by atoms with Gasteiger partial charge in [0.2, 0.25) is 0 Å². The van der Waals surface area contributed by atoms with Crippen LogP contribution in [0.1, 0.15) is 23.7 Å². The van der Waals surface area contributed by atoms with Crippen LogP contribution < -0.4 is 15.4 Å². The molecule has 0 fully saturated rings. The number of amides is 1. The van der Waals surface area contributed by atoms with Crippen molar-refractivity contribution >= 4 is 44.9 Å². The van der Waals surface area contributed by atoms with Crippen LogP contribution in [0.25, 0.3) is 0 Å². The van der Waals surface area contributed by atoms with E-state index in [2.05, 4.69) is 26.6 Å². The molecule has 4 nitrogen and oxygen atoms in total. The number of nitrogens with one attached hydrogen (secondary N) is 2. The number of thiocarbonyl (C=S) groups is 1. The van der Waals surface area contributed by atoms with Gasteiger partial charge in [0, 0.05) is 11.3 Å². The van der Waals surface area contributed by atoms with Crippen LogP contribution in [0.3, 0.4) is 0 Å². The fourth-order valence-corrected chi connectivity index (χ4v) is 2.53.